The van der Waals surface area contributed by atoms with E-state index < -0.39 is 0 Å². The van der Waals surface area contributed by atoms with Gasteiger partial charge < -0.3 is 14.4 Å². The third kappa shape index (κ3) is 4.82. The van der Waals surface area contributed by atoms with Crippen LogP contribution in [0, 0.1) is 0 Å². The number of anilines is 1. The monoisotopic (exact) mass is 316 g/mol. The number of aromatic nitrogens is 1. The van der Waals surface area contributed by atoms with Crippen LogP contribution in [-0.2, 0) is 4.74 Å². The number of hydrogen-bond acceptors (Lipinski definition) is 4. The van der Waals surface area contributed by atoms with Gasteiger partial charge in [-0.1, -0.05) is 22.0 Å². The van der Waals surface area contributed by atoms with Gasteiger partial charge in [-0.05, 0) is 19.9 Å². The highest BCUT2D eigenvalue weighted by Gasteiger charge is 2.12. The molecule has 18 heavy (non-hydrogen) atoms. The molecule has 1 aromatic rings. The van der Waals surface area contributed by atoms with Crippen molar-refractivity contribution in [1.82, 2.24) is 4.98 Å². The van der Waals surface area contributed by atoms with E-state index in [9.17, 15) is 0 Å². The molecule has 0 aliphatic rings. The second kappa shape index (κ2) is 8.32. The normalized spacial score (nSPS) is 10.7. The van der Waals surface area contributed by atoms with Crippen LogP contribution in [0.25, 0.3) is 0 Å². The average molecular weight is 317 g/mol. The lowest BCUT2D eigenvalue weighted by molar-refractivity contribution is 0.156. The zero-order valence-electron chi connectivity index (χ0n) is 11.2. The van der Waals surface area contributed by atoms with Gasteiger partial charge in [0.15, 0.2) is 0 Å². The SMILES string of the molecule is COc1cccc(N(CCOCCBr)C(C)C)n1. The van der Waals surface area contributed by atoms with Crippen molar-refractivity contribution in [3.05, 3.63) is 18.2 Å². The van der Waals surface area contributed by atoms with Crippen LogP contribution in [0.1, 0.15) is 13.8 Å². The van der Waals surface area contributed by atoms with Crippen molar-refractivity contribution in [2.24, 2.45) is 0 Å². The summed E-state index contributed by atoms with van der Waals surface area (Å²) in [4.78, 5) is 6.66. The van der Waals surface area contributed by atoms with E-state index >= 15 is 0 Å². The summed E-state index contributed by atoms with van der Waals surface area (Å²) in [6, 6.07) is 6.17. The fourth-order valence-electron chi connectivity index (χ4n) is 1.63. The van der Waals surface area contributed by atoms with Crippen molar-refractivity contribution in [3.8, 4) is 5.88 Å². The van der Waals surface area contributed by atoms with Gasteiger partial charge in [-0.25, -0.2) is 0 Å². The molecule has 0 saturated carbocycles. The summed E-state index contributed by atoms with van der Waals surface area (Å²) in [5.74, 6) is 1.56. The van der Waals surface area contributed by atoms with E-state index in [1.165, 1.54) is 0 Å². The van der Waals surface area contributed by atoms with Crippen LogP contribution in [0.2, 0.25) is 0 Å². The molecule has 1 aromatic heterocycles. The van der Waals surface area contributed by atoms with Gasteiger partial charge in [-0.2, -0.15) is 4.98 Å². The Morgan fingerprint density at radius 2 is 2.11 bits per heavy atom. The Bertz CT molecular complexity index is 348. The first-order chi connectivity index (χ1) is 8.69. The number of methoxy groups -OCH3 is 1. The third-order valence-corrected chi connectivity index (χ3v) is 2.86. The average Bonchev–Trinajstić information content (AvgIpc) is 2.38. The molecule has 0 aliphatic carbocycles. The highest BCUT2D eigenvalue weighted by molar-refractivity contribution is 9.09. The maximum atomic E-state index is 5.49. The molecule has 5 heteroatoms. The molecule has 102 valence electrons. The first-order valence-corrected chi connectivity index (χ1v) is 7.22. The summed E-state index contributed by atoms with van der Waals surface area (Å²) in [6.45, 7) is 6.54. The Morgan fingerprint density at radius 3 is 2.72 bits per heavy atom. The Hall–Kier alpha value is -0.810. The van der Waals surface area contributed by atoms with Crippen molar-refractivity contribution < 1.29 is 9.47 Å². The lowest BCUT2D eigenvalue weighted by atomic mass is 10.3. The van der Waals surface area contributed by atoms with E-state index in [1.54, 1.807) is 7.11 Å². The highest BCUT2D eigenvalue weighted by atomic mass is 79.9. The van der Waals surface area contributed by atoms with E-state index in [2.05, 4.69) is 39.7 Å². The second-order valence-electron chi connectivity index (χ2n) is 4.13. The minimum Gasteiger partial charge on any atom is -0.481 e. The Kier molecular flexibility index (Phi) is 7.05. The number of hydrogen-bond donors (Lipinski definition) is 0. The van der Waals surface area contributed by atoms with Crippen LogP contribution in [-0.4, -0.2) is 43.2 Å². The number of nitrogens with zero attached hydrogens (tertiary/aromatic N) is 2. The molecule has 0 unspecified atom stereocenters. The standard InChI is InChI=1S/C13H21BrN2O2/c1-11(2)16(8-10-18-9-7-14)12-5-4-6-13(15-12)17-3/h4-6,11H,7-10H2,1-3H3. The van der Waals surface area contributed by atoms with E-state index in [-0.39, 0.29) is 0 Å². The van der Waals surface area contributed by atoms with Gasteiger partial charge in [0.2, 0.25) is 5.88 Å². The Morgan fingerprint density at radius 1 is 1.33 bits per heavy atom. The number of ether oxygens (including phenoxy) is 2. The lowest BCUT2D eigenvalue weighted by Crippen LogP contribution is -2.34. The zero-order valence-corrected chi connectivity index (χ0v) is 12.8. The van der Waals surface area contributed by atoms with Gasteiger partial charge in [0.25, 0.3) is 0 Å². The maximum Gasteiger partial charge on any atom is 0.214 e. The van der Waals surface area contributed by atoms with Gasteiger partial charge in [-0.3, -0.25) is 0 Å². The van der Waals surface area contributed by atoms with Gasteiger partial charge in [0.1, 0.15) is 5.82 Å². The van der Waals surface area contributed by atoms with Gasteiger partial charge in [0.05, 0.1) is 20.3 Å². The molecule has 0 radical (unpaired) electrons. The number of pyridine rings is 1. The zero-order chi connectivity index (χ0) is 13.4. The van der Waals surface area contributed by atoms with Gasteiger partial charge in [-0.15, -0.1) is 0 Å². The topological polar surface area (TPSA) is 34.6 Å². The summed E-state index contributed by atoms with van der Waals surface area (Å²) in [6.07, 6.45) is 0. The highest BCUT2D eigenvalue weighted by Crippen LogP contribution is 2.17. The van der Waals surface area contributed by atoms with Crippen LogP contribution < -0.4 is 9.64 Å². The van der Waals surface area contributed by atoms with Crippen LogP contribution in [0.4, 0.5) is 5.82 Å². The number of alkyl halides is 1. The van der Waals surface area contributed by atoms with E-state index in [0.717, 1.165) is 24.3 Å². The first-order valence-electron chi connectivity index (χ1n) is 6.10. The lowest BCUT2D eigenvalue weighted by Gasteiger charge is -2.27. The minimum absolute atomic E-state index is 0.372. The molecule has 0 N–H and O–H groups in total. The molecule has 0 amide bonds. The largest absolute Gasteiger partial charge is 0.481 e. The van der Waals surface area contributed by atoms with Crippen molar-refractivity contribution in [3.63, 3.8) is 0 Å². The van der Waals surface area contributed by atoms with Crippen molar-refractivity contribution in [1.29, 1.82) is 0 Å². The van der Waals surface area contributed by atoms with E-state index in [0.29, 0.717) is 18.5 Å². The molecule has 0 spiro atoms. The summed E-state index contributed by atoms with van der Waals surface area (Å²) in [5, 5.41) is 0.867. The Balaban J connectivity index is 2.65. The van der Waals surface area contributed by atoms with Crippen LogP contribution in [0.15, 0.2) is 18.2 Å². The van der Waals surface area contributed by atoms with Crippen LogP contribution in [0.5, 0.6) is 5.88 Å². The second-order valence-corrected chi connectivity index (χ2v) is 4.92. The molecule has 1 rings (SSSR count). The predicted octanol–water partition coefficient (Wildman–Crippen LogP) is 2.72. The molecular formula is C13H21BrN2O2. The van der Waals surface area contributed by atoms with Gasteiger partial charge >= 0.3 is 0 Å². The van der Waals surface area contributed by atoms with Gasteiger partial charge in [0, 0.05) is 24.0 Å². The van der Waals surface area contributed by atoms with E-state index in [1.807, 2.05) is 18.2 Å². The maximum absolute atomic E-state index is 5.49. The number of halogens is 1. The first kappa shape index (κ1) is 15.2. The summed E-state index contributed by atoms with van der Waals surface area (Å²) < 4.78 is 10.6. The van der Waals surface area contributed by atoms with Crippen molar-refractivity contribution in [2.75, 3.05) is 37.1 Å². The molecule has 0 atom stereocenters. The summed E-state index contributed by atoms with van der Waals surface area (Å²) in [7, 11) is 1.63. The smallest absolute Gasteiger partial charge is 0.214 e. The molecule has 0 aliphatic heterocycles. The molecule has 0 aromatic carbocycles. The van der Waals surface area contributed by atoms with Crippen LogP contribution >= 0.6 is 15.9 Å². The van der Waals surface area contributed by atoms with Crippen LogP contribution in [0.3, 0.4) is 0 Å². The minimum atomic E-state index is 0.372. The number of rotatable bonds is 8. The molecule has 4 nitrogen and oxygen atoms in total. The summed E-state index contributed by atoms with van der Waals surface area (Å²) in [5.41, 5.74) is 0. The molecular weight excluding hydrogens is 296 g/mol. The molecule has 1 heterocycles. The quantitative estimate of drug-likeness (QED) is 0.545. The van der Waals surface area contributed by atoms with Crippen molar-refractivity contribution in [2.45, 2.75) is 19.9 Å². The fraction of sp³-hybridized carbons (Fsp3) is 0.615. The fourth-order valence-corrected chi connectivity index (χ4v) is 1.86. The third-order valence-electron chi connectivity index (χ3n) is 2.53. The molecule has 0 fully saturated rings. The summed E-state index contributed by atoms with van der Waals surface area (Å²) >= 11 is 3.34. The molecule has 0 bridgehead atoms. The predicted molar refractivity (Wildman–Crippen MR) is 77.9 cm³/mol. The molecule has 0 saturated heterocycles. The van der Waals surface area contributed by atoms with E-state index in [4.69, 9.17) is 9.47 Å². The Labute approximate surface area is 117 Å². The van der Waals surface area contributed by atoms with Crippen molar-refractivity contribution >= 4 is 21.7 Å².